The Morgan fingerprint density at radius 1 is 1.05 bits per heavy atom. The molecule has 0 bridgehead atoms. The molecule has 0 amide bonds. The monoisotopic (exact) mass is 343 g/mol. The van der Waals surface area contributed by atoms with E-state index in [4.69, 9.17) is 0 Å². The van der Waals surface area contributed by atoms with Gasteiger partial charge in [0.05, 0.1) is 0 Å². The molecule has 1 aromatic heterocycles. The molecule has 1 aliphatic rings. The number of allylic oxidation sites excluding steroid dienone is 1. The normalized spacial score (nSPS) is 15.5. The molecule has 1 aromatic carbocycles. The molecule has 1 aliphatic carbocycles. The zero-order chi connectivity index (χ0) is 12.5. The third-order valence-electron chi connectivity index (χ3n) is 3.36. The fourth-order valence-electron chi connectivity index (χ4n) is 2.28. The minimum atomic E-state index is 0. The average molecular weight is 344 g/mol. The van der Waals surface area contributed by atoms with E-state index >= 15 is 0 Å². The van der Waals surface area contributed by atoms with Gasteiger partial charge in [0.25, 0.3) is 0 Å². The number of hydrogen-bond donors (Lipinski definition) is 0. The van der Waals surface area contributed by atoms with Crippen molar-refractivity contribution in [1.29, 1.82) is 0 Å². The van der Waals surface area contributed by atoms with E-state index in [1.165, 1.54) is 25.7 Å². The van der Waals surface area contributed by atoms with Gasteiger partial charge in [-0.25, -0.2) is 0 Å². The Labute approximate surface area is 139 Å². The van der Waals surface area contributed by atoms with Gasteiger partial charge >= 0.3 is 114 Å². The molecule has 0 radical (unpaired) electrons. The molecular weight excluding hydrogens is 329 g/mol. The first-order valence-corrected chi connectivity index (χ1v) is 7.43. The molecule has 4 heteroatoms. The van der Waals surface area contributed by atoms with Gasteiger partial charge < -0.3 is 24.8 Å². The summed E-state index contributed by atoms with van der Waals surface area (Å²) in [6.45, 7) is 4.45. The van der Waals surface area contributed by atoms with Crippen LogP contribution in [0, 0.1) is 6.92 Å². The first kappa shape index (κ1) is 17.3. The van der Waals surface area contributed by atoms with E-state index in [0.29, 0.717) is 21.1 Å². The van der Waals surface area contributed by atoms with Crippen molar-refractivity contribution in [2.45, 2.75) is 19.8 Å². The van der Waals surface area contributed by atoms with Gasteiger partial charge in [-0.3, -0.25) is 0 Å². The summed E-state index contributed by atoms with van der Waals surface area (Å²) in [6, 6.07) is 12.9. The second-order valence-electron chi connectivity index (χ2n) is 4.62. The number of hydrogen-bond acceptors (Lipinski definition) is 1. The van der Waals surface area contributed by atoms with E-state index in [-0.39, 0.29) is 24.8 Å². The van der Waals surface area contributed by atoms with E-state index < -0.39 is 0 Å². The van der Waals surface area contributed by atoms with Crippen LogP contribution in [0.4, 0.5) is 0 Å². The molecule has 0 aliphatic heterocycles. The maximum Gasteiger partial charge on any atom is -1.00 e. The second kappa shape index (κ2) is 7.29. The SMILES string of the molecule is Cc1cccn[c]1[Cr+2][C]1=Cc2ccccc2C1C.[Cl-].[Cl-]. The summed E-state index contributed by atoms with van der Waals surface area (Å²) in [5.41, 5.74) is 4.15. The van der Waals surface area contributed by atoms with Gasteiger partial charge in [0.15, 0.2) is 0 Å². The van der Waals surface area contributed by atoms with Gasteiger partial charge in [0.2, 0.25) is 0 Å². The topological polar surface area (TPSA) is 12.9 Å². The Morgan fingerprint density at radius 2 is 1.80 bits per heavy atom. The van der Waals surface area contributed by atoms with Crippen molar-refractivity contribution in [1.82, 2.24) is 4.98 Å². The molecule has 1 nitrogen and oxygen atoms in total. The van der Waals surface area contributed by atoms with Gasteiger partial charge in [-0.2, -0.15) is 0 Å². The summed E-state index contributed by atoms with van der Waals surface area (Å²) < 4.78 is 2.79. The summed E-state index contributed by atoms with van der Waals surface area (Å²) in [5.74, 6) is 0.544. The number of nitrogens with zero attached hydrogens (tertiary/aromatic N) is 1. The zero-order valence-electron chi connectivity index (χ0n) is 11.3. The minimum absolute atomic E-state index is 0. The summed E-state index contributed by atoms with van der Waals surface area (Å²) in [5, 5.41) is 0. The molecule has 3 rings (SSSR count). The molecular formula is C16H15Cl2CrN. The molecule has 1 heterocycles. The van der Waals surface area contributed by atoms with Crippen LogP contribution >= 0.6 is 0 Å². The van der Waals surface area contributed by atoms with Crippen molar-refractivity contribution >= 4 is 10.6 Å². The Bertz CT molecular complexity index is 625. The number of fused-ring (bicyclic) bond motifs is 1. The molecule has 0 saturated heterocycles. The molecule has 104 valence electrons. The van der Waals surface area contributed by atoms with Crippen molar-refractivity contribution in [2.75, 3.05) is 0 Å². The van der Waals surface area contributed by atoms with Crippen LogP contribution in [-0.2, 0) is 15.2 Å². The largest absolute Gasteiger partial charge is 1.00 e. The van der Waals surface area contributed by atoms with Crippen LogP contribution in [0.3, 0.4) is 0 Å². The van der Waals surface area contributed by atoms with E-state index in [0.717, 1.165) is 0 Å². The van der Waals surface area contributed by atoms with E-state index in [9.17, 15) is 0 Å². The van der Waals surface area contributed by atoms with E-state index in [1.54, 1.807) is 0 Å². The van der Waals surface area contributed by atoms with E-state index in [2.05, 4.69) is 55.2 Å². The Hall–Kier alpha value is -0.778. The first-order chi connectivity index (χ1) is 8.75. The van der Waals surface area contributed by atoms with Gasteiger partial charge in [-0.05, 0) is 0 Å². The molecule has 1 atom stereocenters. The van der Waals surface area contributed by atoms with Crippen molar-refractivity contribution in [2.24, 2.45) is 0 Å². The molecule has 0 fully saturated rings. The molecule has 1 unspecified atom stereocenters. The van der Waals surface area contributed by atoms with Crippen LogP contribution in [0.5, 0.6) is 0 Å². The Balaban J connectivity index is 0.000001000. The fraction of sp³-hybridized carbons (Fsp3) is 0.188. The van der Waals surface area contributed by atoms with Crippen molar-refractivity contribution < 1.29 is 40.0 Å². The number of pyridine rings is 1. The quantitative estimate of drug-likeness (QED) is 0.577. The standard InChI is InChI=1S/C10H9.C6H6N.2ClH.Cr/c1-8-6-7-9-4-2-3-5-10(8)9;1-6-3-2-4-7-5-6;;;/h2-5,7-8H,1H3;2-4H,1H3;2*1H;/q;;;;+2/p-2. The van der Waals surface area contributed by atoms with Gasteiger partial charge in [-0.15, -0.1) is 0 Å². The second-order valence-corrected chi connectivity index (χ2v) is 6.28. The van der Waals surface area contributed by atoms with E-state index in [1.807, 2.05) is 12.3 Å². The van der Waals surface area contributed by atoms with Crippen LogP contribution in [0.15, 0.2) is 47.0 Å². The first-order valence-electron chi connectivity index (χ1n) is 6.15. The van der Waals surface area contributed by atoms with Gasteiger partial charge in [-0.1, -0.05) is 0 Å². The summed E-state index contributed by atoms with van der Waals surface area (Å²) in [6.07, 6.45) is 4.26. The summed E-state index contributed by atoms with van der Waals surface area (Å²) in [4.78, 5) is 4.53. The van der Waals surface area contributed by atoms with Crippen LogP contribution in [0.25, 0.3) is 6.08 Å². The molecule has 20 heavy (non-hydrogen) atoms. The molecule has 0 saturated carbocycles. The summed E-state index contributed by atoms with van der Waals surface area (Å²) in [7, 11) is 0. The maximum absolute atomic E-state index is 4.53. The molecule has 2 aromatic rings. The van der Waals surface area contributed by atoms with Crippen molar-refractivity contribution in [3.05, 3.63) is 63.7 Å². The minimum Gasteiger partial charge on any atom is -1.00 e. The average Bonchev–Trinajstić information content (AvgIpc) is 2.70. The third-order valence-corrected chi connectivity index (χ3v) is 5.44. The number of halogens is 2. The Kier molecular flexibility index (Phi) is 6.30. The van der Waals surface area contributed by atoms with Crippen LogP contribution in [-0.4, -0.2) is 4.98 Å². The maximum atomic E-state index is 4.53. The number of aromatic nitrogens is 1. The van der Waals surface area contributed by atoms with Crippen LogP contribution in [0.1, 0.15) is 29.5 Å². The van der Waals surface area contributed by atoms with Crippen LogP contribution in [0.2, 0.25) is 0 Å². The number of benzene rings is 1. The van der Waals surface area contributed by atoms with Crippen molar-refractivity contribution in [3.63, 3.8) is 0 Å². The number of aryl methyl sites for hydroxylation is 1. The van der Waals surface area contributed by atoms with Gasteiger partial charge in [0.1, 0.15) is 0 Å². The number of rotatable bonds is 2. The molecule has 0 spiro atoms. The zero-order valence-corrected chi connectivity index (χ0v) is 14.1. The predicted octanol–water partition coefficient (Wildman–Crippen LogP) is -2.74. The van der Waals surface area contributed by atoms with Gasteiger partial charge in [0, 0.05) is 0 Å². The Morgan fingerprint density at radius 3 is 2.50 bits per heavy atom. The van der Waals surface area contributed by atoms with Crippen LogP contribution < -0.4 is 29.4 Å². The smallest absolute Gasteiger partial charge is 1.00 e. The summed E-state index contributed by atoms with van der Waals surface area (Å²) >= 11 is 0.337. The third kappa shape index (κ3) is 3.27. The fourth-order valence-corrected chi connectivity index (χ4v) is 3.92. The predicted molar refractivity (Wildman–Crippen MR) is 71.4 cm³/mol. The molecule has 0 N–H and O–H groups in total. The van der Waals surface area contributed by atoms with Crippen molar-refractivity contribution in [3.8, 4) is 0 Å².